The van der Waals surface area contributed by atoms with Crippen molar-refractivity contribution >= 4 is 16.9 Å². The molecule has 2 heterocycles. The topological polar surface area (TPSA) is 74.7 Å². The number of furan rings is 1. The maximum absolute atomic E-state index is 11.1. The van der Waals surface area contributed by atoms with Gasteiger partial charge in [-0.05, 0) is 43.0 Å². The second kappa shape index (κ2) is 5.54. The fourth-order valence-corrected chi connectivity index (χ4v) is 2.36. The van der Waals surface area contributed by atoms with E-state index >= 15 is 0 Å². The molecule has 0 saturated carbocycles. The summed E-state index contributed by atoms with van der Waals surface area (Å²) >= 11 is 0. The van der Waals surface area contributed by atoms with Crippen molar-refractivity contribution in [3.8, 4) is 5.75 Å². The van der Waals surface area contributed by atoms with Gasteiger partial charge < -0.3 is 19.6 Å². The molecular formula is C15H17NO4. The Morgan fingerprint density at radius 1 is 1.30 bits per heavy atom. The summed E-state index contributed by atoms with van der Waals surface area (Å²) in [5.41, 5.74) is 5.83. The van der Waals surface area contributed by atoms with Crippen LogP contribution in [-0.2, 0) is 4.74 Å². The molecule has 1 aliphatic heterocycles. The van der Waals surface area contributed by atoms with Crippen LogP contribution in [0.4, 0.5) is 0 Å². The molecule has 1 fully saturated rings. The van der Waals surface area contributed by atoms with Crippen LogP contribution in [0.1, 0.15) is 23.4 Å². The highest BCUT2D eigenvalue weighted by Crippen LogP contribution is 2.25. The van der Waals surface area contributed by atoms with Gasteiger partial charge in [-0.3, -0.25) is 4.79 Å². The second-order valence-corrected chi connectivity index (χ2v) is 5.04. The number of nitrogens with two attached hydrogens (primary N) is 1. The highest BCUT2D eigenvalue weighted by atomic mass is 16.5. The molecule has 0 aliphatic carbocycles. The molecule has 5 heteroatoms. The van der Waals surface area contributed by atoms with Crippen molar-refractivity contribution in [1.29, 1.82) is 0 Å². The SMILES string of the molecule is NC(=O)c1cc2cc(OCC3CCOCC3)ccc2o1. The molecule has 0 radical (unpaired) electrons. The van der Waals surface area contributed by atoms with E-state index in [1.165, 1.54) is 0 Å². The molecule has 2 aromatic rings. The second-order valence-electron chi connectivity index (χ2n) is 5.04. The maximum atomic E-state index is 11.1. The number of benzene rings is 1. The molecule has 5 nitrogen and oxygen atoms in total. The molecular weight excluding hydrogens is 258 g/mol. The smallest absolute Gasteiger partial charge is 0.284 e. The summed E-state index contributed by atoms with van der Waals surface area (Å²) in [7, 11) is 0. The summed E-state index contributed by atoms with van der Waals surface area (Å²) in [4.78, 5) is 11.1. The third kappa shape index (κ3) is 2.77. The van der Waals surface area contributed by atoms with Crippen molar-refractivity contribution in [1.82, 2.24) is 0 Å². The molecule has 0 atom stereocenters. The molecule has 2 N–H and O–H groups in total. The first-order chi connectivity index (χ1) is 9.72. The van der Waals surface area contributed by atoms with Crippen LogP contribution in [0.25, 0.3) is 11.0 Å². The predicted molar refractivity (Wildman–Crippen MR) is 73.8 cm³/mol. The zero-order chi connectivity index (χ0) is 13.9. The number of rotatable bonds is 4. The number of carbonyl (C=O) groups is 1. The zero-order valence-electron chi connectivity index (χ0n) is 11.1. The Kier molecular flexibility index (Phi) is 3.60. The number of fused-ring (bicyclic) bond motifs is 1. The van der Waals surface area contributed by atoms with Crippen LogP contribution in [0.3, 0.4) is 0 Å². The van der Waals surface area contributed by atoms with Gasteiger partial charge in [0.2, 0.25) is 0 Å². The van der Waals surface area contributed by atoms with Crippen LogP contribution in [0.5, 0.6) is 5.75 Å². The van der Waals surface area contributed by atoms with Crippen molar-refractivity contribution in [3.05, 3.63) is 30.0 Å². The van der Waals surface area contributed by atoms with Gasteiger partial charge in [0.05, 0.1) is 6.61 Å². The molecule has 0 spiro atoms. The standard InChI is InChI=1S/C15H17NO4/c16-15(17)14-8-11-7-12(1-2-13(11)20-14)19-9-10-3-5-18-6-4-10/h1-2,7-8,10H,3-6,9H2,(H2,16,17). The summed E-state index contributed by atoms with van der Waals surface area (Å²) < 4.78 is 16.5. The Labute approximate surface area is 116 Å². The van der Waals surface area contributed by atoms with Gasteiger partial charge in [-0.2, -0.15) is 0 Å². The normalized spacial score (nSPS) is 16.4. The van der Waals surface area contributed by atoms with Crippen molar-refractivity contribution in [3.63, 3.8) is 0 Å². The van der Waals surface area contributed by atoms with Crippen molar-refractivity contribution in [2.75, 3.05) is 19.8 Å². The van der Waals surface area contributed by atoms with Crippen LogP contribution in [0.15, 0.2) is 28.7 Å². The summed E-state index contributed by atoms with van der Waals surface area (Å²) in [6, 6.07) is 7.14. The Bertz CT molecular complexity index is 613. The van der Waals surface area contributed by atoms with Gasteiger partial charge in [0.25, 0.3) is 5.91 Å². The maximum Gasteiger partial charge on any atom is 0.284 e. The van der Waals surface area contributed by atoms with E-state index in [9.17, 15) is 4.79 Å². The molecule has 3 rings (SSSR count). The summed E-state index contributed by atoms with van der Waals surface area (Å²) in [6.07, 6.45) is 2.08. The van der Waals surface area contributed by atoms with E-state index in [2.05, 4.69) is 0 Å². The third-order valence-electron chi connectivity index (χ3n) is 3.56. The highest BCUT2D eigenvalue weighted by Gasteiger charge is 2.15. The van der Waals surface area contributed by atoms with Crippen molar-refractivity contribution < 1.29 is 18.7 Å². The monoisotopic (exact) mass is 275 g/mol. The van der Waals surface area contributed by atoms with Crippen LogP contribution in [0.2, 0.25) is 0 Å². The fraction of sp³-hybridized carbons (Fsp3) is 0.400. The molecule has 1 aromatic carbocycles. The lowest BCUT2D eigenvalue weighted by Gasteiger charge is -2.22. The van der Waals surface area contributed by atoms with Crippen LogP contribution in [-0.4, -0.2) is 25.7 Å². The van der Waals surface area contributed by atoms with E-state index in [1.807, 2.05) is 12.1 Å². The lowest BCUT2D eigenvalue weighted by atomic mass is 10.0. The highest BCUT2D eigenvalue weighted by molar-refractivity contribution is 5.95. The quantitative estimate of drug-likeness (QED) is 0.929. The van der Waals surface area contributed by atoms with Crippen LogP contribution in [0, 0.1) is 5.92 Å². The lowest BCUT2D eigenvalue weighted by molar-refractivity contribution is 0.0498. The van der Waals surface area contributed by atoms with E-state index in [-0.39, 0.29) is 5.76 Å². The number of primary amides is 1. The number of ether oxygens (including phenoxy) is 2. The van der Waals surface area contributed by atoms with Gasteiger partial charge in [-0.15, -0.1) is 0 Å². The van der Waals surface area contributed by atoms with Gasteiger partial charge in [-0.25, -0.2) is 0 Å². The average molecular weight is 275 g/mol. The van der Waals surface area contributed by atoms with Gasteiger partial charge in [0.1, 0.15) is 11.3 Å². The first kappa shape index (κ1) is 13.0. The Hall–Kier alpha value is -2.01. The predicted octanol–water partition coefficient (Wildman–Crippen LogP) is 2.34. The number of hydrogen-bond acceptors (Lipinski definition) is 4. The molecule has 1 amide bonds. The minimum absolute atomic E-state index is 0.168. The van der Waals surface area contributed by atoms with Gasteiger partial charge in [0, 0.05) is 18.6 Å². The molecule has 20 heavy (non-hydrogen) atoms. The van der Waals surface area contributed by atoms with E-state index in [0.29, 0.717) is 18.1 Å². The van der Waals surface area contributed by atoms with E-state index in [1.54, 1.807) is 12.1 Å². The minimum atomic E-state index is -0.564. The Morgan fingerprint density at radius 3 is 2.85 bits per heavy atom. The molecule has 1 saturated heterocycles. The molecule has 1 aliphatic rings. The summed E-state index contributed by atoms with van der Waals surface area (Å²) in [5.74, 6) is 0.929. The average Bonchev–Trinajstić information content (AvgIpc) is 2.89. The van der Waals surface area contributed by atoms with Crippen LogP contribution < -0.4 is 10.5 Å². The van der Waals surface area contributed by atoms with Gasteiger partial charge in [0.15, 0.2) is 5.76 Å². The first-order valence-electron chi connectivity index (χ1n) is 6.76. The molecule has 1 aromatic heterocycles. The van der Waals surface area contributed by atoms with Crippen molar-refractivity contribution in [2.45, 2.75) is 12.8 Å². The van der Waals surface area contributed by atoms with Crippen LogP contribution >= 0.6 is 0 Å². The number of amides is 1. The van der Waals surface area contributed by atoms with Gasteiger partial charge >= 0.3 is 0 Å². The summed E-state index contributed by atoms with van der Waals surface area (Å²) in [5, 5.41) is 0.822. The Balaban J connectivity index is 1.70. The molecule has 106 valence electrons. The van der Waals surface area contributed by atoms with E-state index in [4.69, 9.17) is 19.6 Å². The number of carbonyl (C=O) groups excluding carboxylic acids is 1. The minimum Gasteiger partial charge on any atom is -0.493 e. The summed E-state index contributed by atoms with van der Waals surface area (Å²) in [6.45, 7) is 2.32. The zero-order valence-corrected chi connectivity index (χ0v) is 11.1. The molecule has 0 bridgehead atoms. The Morgan fingerprint density at radius 2 is 2.10 bits per heavy atom. The van der Waals surface area contributed by atoms with E-state index < -0.39 is 5.91 Å². The van der Waals surface area contributed by atoms with E-state index in [0.717, 1.165) is 37.2 Å². The van der Waals surface area contributed by atoms with Crippen molar-refractivity contribution in [2.24, 2.45) is 11.7 Å². The molecule has 0 unspecified atom stereocenters. The fourth-order valence-electron chi connectivity index (χ4n) is 2.36. The van der Waals surface area contributed by atoms with Gasteiger partial charge in [-0.1, -0.05) is 0 Å². The first-order valence-corrected chi connectivity index (χ1v) is 6.76. The third-order valence-corrected chi connectivity index (χ3v) is 3.56. The largest absolute Gasteiger partial charge is 0.493 e. The lowest BCUT2D eigenvalue weighted by Crippen LogP contribution is -2.21. The number of hydrogen-bond donors (Lipinski definition) is 1.